The van der Waals surface area contributed by atoms with Crippen LogP contribution in [0.3, 0.4) is 0 Å². The number of allylic oxidation sites excluding steroid dienone is 1. The Morgan fingerprint density at radius 2 is 1.94 bits per heavy atom. The zero-order chi connectivity index (χ0) is 22.5. The number of amides is 1. The van der Waals surface area contributed by atoms with Crippen LogP contribution in [0.5, 0.6) is 0 Å². The minimum atomic E-state index is -0.159. The van der Waals surface area contributed by atoms with Crippen molar-refractivity contribution in [2.45, 2.75) is 40.2 Å². The lowest BCUT2D eigenvalue weighted by Crippen LogP contribution is -2.42. The molecule has 1 saturated heterocycles. The largest absolute Gasteiger partial charge is 0.365 e. The van der Waals surface area contributed by atoms with Crippen molar-refractivity contribution in [3.63, 3.8) is 0 Å². The number of rotatable bonds is 2. The van der Waals surface area contributed by atoms with Crippen molar-refractivity contribution in [3.8, 4) is 0 Å². The molecule has 1 N–H and O–H groups in total. The van der Waals surface area contributed by atoms with E-state index in [0.29, 0.717) is 15.1 Å². The summed E-state index contributed by atoms with van der Waals surface area (Å²) < 4.78 is 0. The predicted molar refractivity (Wildman–Crippen MR) is 134 cm³/mol. The van der Waals surface area contributed by atoms with Gasteiger partial charge in [-0.15, -0.1) is 0 Å². The number of amidine groups is 1. The molecule has 2 heterocycles. The minimum absolute atomic E-state index is 0.0825. The van der Waals surface area contributed by atoms with Gasteiger partial charge in [0.2, 0.25) is 0 Å². The van der Waals surface area contributed by atoms with Gasteiger partial charge in [-0.05, 0) is 92.9 Å². The molecule has 0 radical (unpaired) electrons. The number of carbonyl (C=O) groups is 1. The van der Waals surface area contributed by atoms with E-state index in [-0.39, 0.29) is 11.4 Å². The molecule has 0 bridgehead atoms. The summed E-state index contributed by atoms with van der Waals surface area (Å²) in [5.41, 5.74) is 7.31. The number of nitrogens with zero attached hydrogens (tertiary/aromatic N) is 2. The van der Waals surface area contributed by atoms with Crippen LogP contribution in [0.15, 0.2) is 46.3 Å². The molecule has 31 heavy (non-hydrogen) atoms. The molecule has 0 saturated carbocycles. The highest BCUT2D eigenvalue weighted by molar-refractivity contribution is 8.18. The smallest absolute Gasteiger partial charge is 0.264 e. The van der Waals surface area contributed by atoms with Gasteiger partial charge in [-0.3, -0.25) is 4.79 Å². The first-order valence-corrected chi connectivity index (χ1v) is 11.4. The number of hydrogen-bond acceptors (Lipinski definition) is 4. The van der Waals surface area contributed by atoms with Crippen molar-refractivity contribution in [3.05, 3.63) is 68.6 Å². The van der Waals surface area contributed by atoms with Crippen LogP contribution in [-0.4, -0.2) is 23.7 Å². The third-order valence-electron chi connectivity index (χ3n) is 6.07. The van der Waals surface area contributed by atoms with Crippen molar-refractivity contribution in [2.75, 3.05) is 11.9 Å². The predicted octanol–water partition coefficient (Wildman–Crippen LogP) is 6.48. The number of carbonyl (C=O) groups excluding carboxylic acids is 1. The normalized spacial score (nSPS) is 20.2. The van der Waals surface area contributed by atoms with Crippen LogP contribution < -0.4 is 10.2 Å². The maximum atomic E-state index is 12.6. The molecule has 0 aliphatic carbocycles. The average Bonchev–Trinajstić information content (AvgIpc) is 3.03. The van der Waals surface area contributed by atoms with Gasteiger partial charge in [0.15, 0.2) is 5.17 Å². The number of likely N-dealkylation sites (N-methyl/N-ethyl adjacent to an activating group) is 1. The molecule has 2 aliphatic rings. The monoisotopic (exact) mass is 451 g/mol. The number of aryl methyl sites for hydroxylation is 1. The summed E-state index contributed by atoms with van der Waals surface area (Å²) in [7, 11) is 2.08. The van der Waals surface area contributed by atoms with E-state index in [1.807, 2.05) is 31.2 Å². The van der Waals surface area contributed by atoms with Gasteiger partial charge in [-0.25, -0.2) is 4.99 Å². The highest BCUT2D eigenvalue weighted by atomic mass is 35.5. The molecule has 0 spiro atoms. The summed E-state index contributed by atoms with van der Waals surface area (Å²) in [6, 6.07) is 10.0. The quantitative estimate of drug-likeness (QED) is 0.531. The van der Waals surface area contributed by atoms with Crippen LogP contribution in [0.4, 0.5) is 11.4 Å². The number of benzene rings is 2. The molecule has 160 valence electrons. The van der Waals surface area contributed by atoms with Gasteiger partial charge < -0.3 is 10.2 Å². The number of thioether (sulfide) groups is 1. The maximum Gasteiger partial charge on any atom is 0.264 e. The van der Waals surface area contributed by atoms with E-state index < -0.39 is 0 Å². The van der Waals surface area contributed by atoms with Crippen molar-refractivity contribution < 1.29 is 4.79 Å². The third-order valence-corrected chi connectivity index (χ3v) is 7.31. The fourth-order valence-electron chi connectivity index (χ4n) is 3.89. The number of halogens is 1. The second-order valence-electron chi connectivity index (χ2n) is 8.63. The fraction of sp³-hybridized carbons (Fsp3) is 0.280. The second-order valence-corrected chi connectivity index (χ2v) is 10.1. The van der Waals surface area contributed by atoms with Crippen LogP contribution in [-0.2, 0) is 4.79 Å². The summed E-state index contributed by atoms with van der Waals surface area (Å²) in [6.07, 6.45) is 4.10. The van der Waals surface area contributed by atoms with Crippen LogP contribution in [0.2, 0.25) is 5.02 Å². The summed E-state index contributed by atoms with van der Waals surface area (Å²) in [6.45, 7) is 10.6. The molecule has 0 atom stereocenters. The molecular formula is C25H26ClN3OS. The summed E-state index contributed by atoms with van der Waals surface area (Å²) in [5, 5.41) is 4.07. The van der Waals surface area contributed by atoms with Gasteiger partial charge in [0, 0.05) is 23.3 Å². The number of anilines is 1. The van der Waals surface area contributed by atoms with Crippen LogP contribution in [0, 0.1) is 13.8 Å². The Kier molecular flexibility index (Phi) is 5.52. The Morgan fingerprint density at radius 3 is 2.68 bits per heavy atom. The Labute approximate surface area is 193 Å². The molecule has 4 rings (SSSR count). The standard InChI is InChI=1S/C25H26ClN3OS/c1-14-8-7-9-20(16(14)3)27-24-28-23(30)22(31-24)11-17-10-18-15(2)13-25(4,5)29(6)21(18)12-19(17)26/h7-13H,1-6H3,(H,27,28,30)/b22-11-. The molecular weight excluding hydrogens is 426 g/mol. The Balaban J connectivity index is 1.68. The van der Waals surface area contributed by atoms with Gasteiger partial charge in [-0.1, -0.05) is 29.8 Å². The average molecular weight is 452 g/mol. The molecule has 1 fully saturated rings. The molecule has 1 amide bonds. The summed E-state index contributed by atoms with van der Waals surface area (Å²) in [5.74, 6) is -0.159. The van der Waals surface area contributed by atoms with E-state index in [0.717, 1.165) is 28.1 Å². The lowest BCUT2D eigenvalue weighted by molar-refractivity contribution is -0.115. The van der Waals surface area contributed by atoms with Crippen molar-refractivity contribution in [1.29, 1.82) is 0 Å². The molecule has 2 aromatic carbocycles. The van der Waals surface area contributed by atoms with Crippen LogP contribution in [0.1, 0.15) is 43.0 Å². The maximum absolute atomic E-state index is 12.6. The highest BCUT2D eigenvalue weighted by Crippen LogP contribution is 2.41. The number of aliphatic imine (C=N–C) groups is 1. The van der Waals surface area contributed by atoms with Gasteiger partial charge in [0.1, 0.15) is 0 Å². The van der Waals surface area contributed by atoms with E-state index in [1.54, 1.807) is 0 Å². The van der Waals surface area contributed by atoms with E-state index in [1.165, 1.54) is 22.9 Å². The van der Waals surface area contributed by atoms with Crippen molar-refractivity contribution >= 4 is 57.5 Å². The minimum Gasteiger partial charge on any atom is -0.365 e. The topological polar surface area (TPSA) is 44.7 Å². The van der Waals surface area contributed by atoms with Crippen molar-refractivity contribution in [2.24, 2.45) is 4.99 Å². The van der Waals surface area contributed by atoms with Crippen molar-refractivity contribution in [1.82, 2.24) is 5.32 Å². The summed E-state index contributed by atoms with van der Waals surface area (Å²) in [4.78, 5) is 20.0. The molecule has 6 heteroatoms. The van der Waals surface area contributed by atoms with E-state index in [2.05, 4.69) is 68.2 Å². The van der Waals surface area contributed by atoms with Gasteiger partial charge in [-0.2, -0.15) is 0 Å². The van der Waals surface area contributed by atoms with E-state index >= 15 is 0 Å². The second kappa shape index (κ2) is 7.88. The lowest BCUT2D eigenvalue weighted by atomic mass is 9.88. The Hall–Kier alpha value is -2.50. The highest BCUT2D eigenvalue weighted by Gasteiger charge is 2.30. The van der Waals surface area contributed by atoms with Gasteiger partial charge in [0.25, 0.3) is 5.91 Å². The number of fused-ring (bicyclic) bond motifs is 1. The SMILES string of the molecule is CC1=CC(C)(C)N(C)c2cc(Cl)c(/C=C3\SC(=Nc4cccc(C)c4C)NC3=O)cc21. The van der Waals surface area contributed by atoms with E-state index in [4.69, 9.17) is 11.6 Å². The molecule has 2 aliphatic heterocycles. The molecule has 4 nitrogen and oxygen atoms in total. The lowest BCUT2D eigenvalue weighted by Gasteiger charge is -2.40. The zero-order valence-corrected chi connectivity index (χ0v) is 20.2. The van der Waals surface area contributed by atoms with Crippen LogP contribution in [0.25, 0.3) is 11.6 Å². The van der Waals surface area contributed by atoms with Gasteiger partial charge >= 0.3 is 0 Å². The molecule has 2 aromatic rings. The molecule has 0 aromatic heterocycles. The molecule has 0 unspecified atom stereocenters. The summed E-state index contributed by atoms with van der Waals surface area (Å²) >= 11 is 7.97. The van der Waals surface area contributed by atoms with Crippen LogP contribution >= 0.6 is 23.4 Å². The third kappa shape index (κ3) is 4.04. The van der Waals surface area contributed by atoms with E-state index in [9.17, 15) is 4.79 Å². The number of nitrogens with one attached hydrogen (secondary N) is 1. The Bertz CT molecular complexity index is 1190. The number of hydrogen-bond donors (Lipinski definition) is 1. The Morgan fingerprint density at radius 1 is 1.19 bits per heavy atom. The first kappa shape index (κ1) is 21.7. The fourth-order valence-corrected chi connectivity index (χ4v) is 4.92. The van der Waals surface area contributed by atoms with Gasteiger partial charge in [0.05, 0.1) is 16.1 Å². The first-order valence-electron chi connectivity index (χ1n) is 10.2. The zero-order valence-electron chi connectivity index (χ0n) is 18.6. The first-order chi connectivity index (χ1) is 14.6.